The SMILES string of the molecule is CCC(c1ccc(O)cc1)C(C)S. The molecular weight excluding hydrogens is 180 g/mol. The second-order valence-corrected chi connectivity index (χ2v) is 4.16. The maximum atomic E-state index is 9.13. The van der Waals surface area contributed by atoms with E-state index in [0.717, 1.165) is 6.42 Å². The molecule has 0 aliphatic heterocycles. The molecule has 0 saturated carbocycles. The summed E-state index contributed by atoms with van der Waals surface area (Å²) in [6, 6.07) is 7.40. The summed E-state index contributed by atoms with van der Waals surface area (Å²) in [5, 5.41) is 9.49. The Labute approximate surface area is 85.2 Å². The van der Waals surface area contributed by atoms with Crippen LogP contribution >= 0.6 is 12.6 Å². The lowest BCUT2D eigenvalue weighted by Gasteiger charge is -2.18. The molecule has 0 heterocycles. The van der Waals surface area contributed by atoms with Gasteiger partial charge in [-0.3, -0.25) is 0 Å². The Morgan fingerprint density at radius 1 is 1.31 bits per heavy atom. The minimum Gasteiger partial charge on any atom is -0.508 e. The van der Waals surface area contributed by atoms with Gasteiger partial charge in [0.05, 0.1) is 0 Å². The Morgan fingerprint density at radius 3 is 2.23 bits per heavy atom. The van der Waals surface area contributed by atoms with Crippen LogP contribution in [0.2, 0.25) is 0 Å². The highest BCUT2D eigenvalue weighted by Crippen LogP contribution is 2.27. The topological polar surface area (TPSA) is 20.2 Å². The molecule has 1 N–H and O–H groups in total. The lowest BCUT2D eigenvalue weighted by molar-refractivity contribution is 0.474. The number of hydrogen-bond acceptors (Lipinski definition) is 2. The van der Waals surface area contributed by atoms with Crippen LogP contribution in [0.4, 0.5) is 0 Å². The normalized spacial score (nSPS) is 15.3. The van der Waals surface area contributed by atoms with E-state index in [1.165, 1.54) is 5.56 Å². The van der Waals surface area contributed by atoms with Crippen molar-refractivity contribution in [3.8, 4) is 5.75 Å². The van der Waals surface area contributed by atoms with Gasteiger partial charge in [-0.2, -0.15) is 12.6 Å². The Balaban J connectivity index is 2.86. The maximum absolute atomic E-state index is 9.13. The number of rotatable bonds is 3. The zero-order valence-electron chi connectivity index (χ0n) is 8.07. The molecular formula is C11H16OS. The van der Waals surface area contributed by atoms with Crippen LogP contribution in [0.3, 0.4) is 0 Å². The van der Waals surface area contributed by atoms with Crippen LogP contribution in [0.15, 0.2) is 24.3 Å². The fourth-order valence-corrected chi connectivity index (χ4v) is 1.96. The molecule has 1 nitrogen and oxygen atoms in total. The molecule has 1 aromatic rings. The van der Waals surface area contributed by atoms with Crippen molar-refractivity contribution in [3.05, 3.63) is 29.8 Å². The molecule has 2 unspecified atom stereocenters. The van der Waals surface area contributed by atoms with Gasteiger partial charge in [-0.1, -0.05) is 26.0 Å². The number of phenols is 1. The minimum absolute atomic E-state index is 0.324. The molecule has 0 radical (unpaired) electrons. The van der Waals surface area contributed by atoms with Crippen molar-refractivity contribution >= 4 is 12.6 Å². The summed E-state index contributed by atoms with van der Waals surface area (Å²) in [5.74, 6) is 0.800. The smallest absolute Gasteiger partial charge is 0.115 e. The summed E-state index contributed by atoms with van der Waals surface area (Å²) in [4.78, 5) is 0. The van der Waals surface area contributed by atoms with Crippen LogP contribution in [0.1, 0.15) is 31.7 Å². The molecule has 0 amide bonds. The van der Waals surface area contributed by atoms with Gasteiger partial charge in [-0.15, -0.1) is 0 Å². The van der Waals surface area contributed by atoms with E-state index in [4.69, 9.17) is 5.11 Å². The Bertz CT molecular complexity index is 253. The van der Waals surface area contributed by atoms with E-state index < -0.39 is 0 Å². The van der Waals surface area contributed by atoms with E-state index >= 15 is 0 Å². The van der Waals surface area contributed by atoms with Gasteiger partial charge in [0, 0.05) is 5.25 Å². The first-order valence-corrected chi connectivity index (χ1v) is 5.13. The summed E-state index contributed by atoms with van der Waals surface area (Å²) in [7, 11) is 0. The second kappa shape index (κ2) is 4.56. The Hall–Kier alpha value is -0.630. The monoisotopic (exact) mass is 196 g/mol. The van der Waals surface area contributed by atoms with E-state index in [1.54, 1.807) is 12.1 Å². The van der Waals surface area contributed by atoms with E-state index in [-0.39, 0.29) is 0 Å². The quantitative estimate of drug-likeness (QED) is 0.711. The van der Waals surface area contributed by atoms with Crippen molar-refractivity contribution in [3.63, 3.8) is 0 Å². The van der Waals surface area contributed by atoms with Gasteiger partial charge in [0.15, 0.2) is 0 Å². The molecule has 0 fully saturated rings. The summed E-state index contributed by atoms with van der Waals surface area (Å²) >= 11 is 4.45. The molecule has 2 heteroatoms. The predicted molar refractivity (Wildman–Crippen MR) is 59.6 cm³/mol. The third-order valence-corrected chi connectivity index (χ3v) is 2.70. The molecule has 0 aromatic heterocycles. The van der Waals surface area contributed by atoms with Crippen LogP contribution in [-0.4, -0.2) is 10.4 Å². The van der Waals surface area contributed by atoms with E-state index in [1.807, 2.05) is 12.1 Å². The maximum Gasteiger partial charge on any atom is 0.115 e. The second-order valence-electron chi connectivity index (χ2n) is 3.35. The van der Waals surface area contributed by atoms with Crippen molar-refractivity contribution in [1.82, 2.24) is 0 Å². The molecule has 0 saturated heterocycles. The summed E-state index contributed by atoms with van der Waals surface area (Å²) in [5.41, 5.74) is 1.25. The van der Waals surface area contributed by atoms with Crippen LogP contribution < -0.4 is 0 Å². The lowest BCUT2D eigenvalue weighted by atomic mass is 9.93. The van der Waals surface area contributed by atoms with Crippen LogP contribution in [0, 0.1) is 0 Å². The molecule has 1 rings (SSSR count). The molecule has 0 spiro atoms. The van der Waals surface area contributed by atoms with Crippen molar-refractivity contribution in [2.75, 3.05) is 0 Å². The average molecular weight is 196 g/mol. The first kappa shape index (κ1) is 10.5. The highest BCUT2D eigenvalue weighted by Gasteiger charge is 2.13. The van der Waals surface area contributed by atoms with Crippen LogP contribution in [0.25, 0.3) is 0 Å². The largest absolute Gasteiger partial charge is 0.508 e. The number of benzene rings is 1. The third-order valence-electron chi connectivity index (χ3n) is 2.34. The van der Waals surface area contributed by atoms with Gasteiger partial charge < -0.3 is 5.11 Å². The number of phenolic OH excluding ortho intramolecular Hbond substituents is 1. The highest BCUT2D eigenvalue weighted by atomic mass is 32.1. The fourth-order valence-electron chi connectivity index (χ4n) is 1.58. The molecule has 72 valence electrons. The first-order chi connectivity index (χ1) is 6.15. The number of hydrogen-bond donors (Lipinski definition) is 2. The average Bonchev–Trinajstić information content (AvgIpc) is 2.09. The molecule has 0 aliphatic rings. The zero-order valence-corrected chi connectivity index (χ0v) is 8.96. The summed E-state index contributed by atoms with van der Waals surface area (Å²) in [6.45, 7) is 4.26. The van der Waals surface area contributed by atoms with Crippen molar-refractivity contribution in [1.29, 1.82) is 0 Å². The van der Waals surface area contributed by atoms with Gasteiger partial charge in [0.1, 0.15) is 5.75 Å². The fraction of sp³-hybridized carbons (Fsp3) is 0.455. The third kappa shape index (κ3) is 2.66. The molecule has 0 bridgehead atoms. The number of aromatic hydroxyl groups is 1. The van der Waals surface area contributed by atoms with Gasteiger partial charge in [-0.25, -0.2) is 0 Å². The van der Waals surface area contributed by atoms with Crippen LogP contribution in [0.5, 0.6) is 5.75 Å². The predicted octanol–water partition coefficient (Wildman–Crippen LogP) is 3.20. The molecule has 1 aromatic carbocycles. The standard InChI is InChI=1S/C11H16OS/c1-3-11(8(2)13)9-4-6-10(12)7-5-9/h4-8,11-13H,3H2,1-2H3. The Kier molecular flexibility index (Phi) is 3.67. The van der Waals surface area contributed by atoms with Crippen molar-refractivity contribution in [2.45, 2.75) is 31.4 Å². The van der Waals surface area contributed by atoms with Gasteiger partial charge in [0.2, 0.25) is 0 Å². The summed E-state index contributed by atoms with van der Waals surface area (Å²) in [6.07, 6.45) is 1.08. The zero-order chi connectivity index (χ0) is 9.84. The van der Waals surface area contributed by atoms with Gasteiger partial charge in [0.25, 0.3) is 0 Å². The number of thiol groups is 1. The Morgan fingerprint density at radius 2 is 1.85 bits per heavy atom. The van der Waals surface area contributed by atoms with E-state index in [2.05, 4.69) is 26.5 Å². The lowest BCUT2D eigenvalue weighted by Crippen LogP contribution is -2.07. The van der Waals surface area contributed by atoms with Gasteiger partial charge >= 0.3 is 0 Å². The van der Waals surface area contributed by atoms with Gasteiger partial charge in [-0.05, 0) is 30.0 Å². The molecule has 0 aliphatic carbocycles. The van der Waals surface area contributed by atoms with Crippen molar-refractivity contribution in [2.24, 2.45) is 0 Å². The molecule has 13 heavy (non-hydrogen) atoms. The first-order valence-electron chi connectivity index (χ1n) is 4.62. The van der Waals surface area contributed by atoms with Crippen LogP contribution in [-0.2, 0) is 0 Å². The van der Waals surface area contributed by atoms with E-state index in [0.29, 0.717) is 16.9 Å². The minimum atomic E-state index is 0.324. The van der Waals surface area contributed by atoms with Crippen molar-refractivity contribution < 1.29 is 5.11 Å². The highest BCUT2D eigenvalue weighted by molar-refractivity contribution is 7.81. The van der Waals surface area contributed by atoms with E-state index in [9.17, 15) is 0 Å². The molecule has 2 atom stereocenters. The summed E-state index contributed by atoms with van der Waals surface area (Å²) < 4.78 is 0.